The highest BCUT2D eigenvalue weighted by molar-refractivity contribution is 7.73. The number of hydrogen-bond acceptors (Lipinski definition) is 3. The second-order valence-corrected chi connectivity index (χ2v) is 13.0. The van der Waals surface area contributed by atoms with Gasteiger partial charge in [0.1, 0.15) is 0 Å². The third kappa shape index (κ3) is 5.59. The highest BCUT2D eigenvalue weighted by Gasteiger charge is 2.40. The van der Waals surface area contributed by atoms with Crippen molar-refractivity contribution in [3.63, 3.8) is 0 Å². The SMILES string of the molecule is COC1CCCCC1N(N[C@H]1CCCC[C@@H]1P(c1ccccc1)c1ccccc1)C1CCCC1. The summed E-state index contributed by atoms with van der Waals surface area (Å²) in [4.78, 5) is 0. The molecule has 3 aliphatic carbocycles. The van der Waals surface area contributed by atoms with Crippen LogP contribution < -0.4 is 16.0 Å². The van der Waals surface area contributed by atoms with Gasteiger partial charge in [-0.2, -0.15) is 0 Å². The Bertz CT molecular complexity index is 817. The number of rotatable bonds is 8. The van der Waals surface area contributed by atoms with Crippen LogP contribution >= 0.6 is 7.92 Å². The van der Waals surface area contributed by atoms with Gasteiger partial charge in [-0.25, -0.2) is 5.01 Å². The third-order valence-electron chi connectivity index (χ3n) is 8.49. The summed E-state index contributed by atoms with van der Waals surface area (Å²) in [6, 6.07) is 24.5. The lowest BCUT2D eigenvalue weighted by atomic mass is 9.90. The number of nitrogens with zero attached hydrogens (tertiary/aromatic N) is 1. The average Bonchev–Trinajstić information content (AvgIpc) is 3.44. The Morgan fingerprint density at radius 1 is 0.706 bits per heavy atom. The molecule has 2 aromatic rings. The first-order valence-electron chi connectivity index (χ1n) is 13.8. The van der Waals surface area contributed by atoms with E-state index in [0.29, 0.717) is 29.9 Å². The standard InChI is InChI=1S/C30H43N2OP/c1-33-29-22-12-11-21-28(29)32(24-14-8-9-15-24)31-27-20-10-13-23-30(27)34(25-16-4-2-5-17-25)26-18-6-3-7-19-26/h2-7,16-19,24,27-31H,8-15,20-23H2,1H3/t27-,28?,29?,30-/m0/s1. The Morgan fingerprint density at radius 3 is 1.91 bits per heavy atom. The zero-order valence-corrected chi connectivity index (χ0v) is 21.8. The summed E-state index contributed by atoms with van der Waals surface area (Å²) in [6.07, 6.45) is 16.2. The summed E-state index contributed by atoms with van der Waals surface area (Å²) in [6.45, 7) is 0. The first kappa shape index (κ1) is 24.4. The van der Waals surface area contributed by atoms with Gasteiger partial charge in [-0.3, -0.25) is 5.43 Å². The van der Waals surface area contributed by atoms with Crippen LogP contribution in [0, 0.1) is 0 Å². The summed E-state index contributed by atoms with van der Waals surface area (Å²) in [7, 11) is 1.53. The molecule has 0 aliphatic heterocycles. The molecule has 0 saturated heterocycles. The molecular formula is C30H43N2OP. The molecule has 3 saturated carbocycles. The molecule has 0 heterocycles. The highest BCUT2D eigenvalue weighted by atomic mass is 31.1. The van der Waals surface area contributed by atoms with Crippen molar-refractivity contribution in [3.8, 4) is 0 Å². The Kier molecular flexibility index (Phi) is 8.72. The molecular weight excluding hydrogens is 435 g/mol. The fraction of sp³-hybridized carbons (Fsp3) is 0.600. The van der Waals surface area contributed by atoms with Crippen LogP contribution in [0.1, 0.15) is 77.0 Å². The van der Waals surface area contributed by atoms with Gasteiger partial charge in [-0.1, -0.05) is 99.2 Å². The molecule has 0 amide bonds. The second-order valence-electron chi connectivity index (χ2n) is 10.6. The van der Waals surface area contributed by atoms with Crippen molar-refractivity contribution < 1.29 is 4.74 Å². The van der Waals surface area contributed by atoms with E-state index in [9.17, 15) is 0 Å². The number of hydrogen-bond donors (Lipinski definition) is 1. The molecule has 4 heteroatoms. The number of hydrazine groups is 1. The van der Waals surface area contributed by atoms with E-state index in [-0.39, 0.29) is 0 Å². The van der Waals surface area contributed by atoms with Crippen LogP contribution in [0.3, 0.4) is 0 Å². The predicted molar refractivity (Wildman–Crippen MR) is 145 cm³/mol. The Balaban J connectivity index is 1.45. The number of ether oxygens (including phenoxy) is 1. The van der Waals surface area contributed by atoms with Crippen molar-refractivity contribution in [2.45, 2.75) is 107 Å². The molecule has 0 aromatic heterocycles. The maximum atomic E-state index is 6.07. The van der Waals surface area contributed by atoms with E-state index in [2.05, 4.69) is 71.1 Å². The van der Waals surface area contributed by atoms with Crippen LogP contribution in [0.4, 0.5) is 0 Å². The summed E-state index contributed by atoms with van der Waals surface area (Å²) in [5.74, 6) is 0. The van der Waals surface area contributed by atoms with Gasteiger partial charge in [0.15, 0.2) is 0 Å². The Labute approximate surface area is 208 Å². The van der Waals surface area contributed by atoms with Crippen LogP contribution in [0.25, 0.3) is 0 Å². The highest BCUT2D eigenvalue weighted by Crippen LogP contribution is 2.47. The van der Waals surface area contributed by atoms with E-state index in [1.54, 1.807) is 0 Å². The predicted octanol–water partition coefficient (Wildman–Crippen LogP) is 6.14. The molecule has 34 heavy (non-hydrogen) atoms. The molecule has 0 spiro atoms. The lowest BCUT2D eigenvalue weighted by Crippen LogP contribution is -2.61. The molecule has 1 N–H and O–H groups in total. The molecule has 184 valence electrons. The topological polar surface area (TPSA) is 24.5 Å². The van der Waals surface area contributed by atoms with Gasteiger partial charge in [-0.05, 0) is 57.1 Å². The molecule has 2 aromatic carbocycles. The van der Waals surface area contributed by atoms with Gasteiger partial charge < -0.3 is 4.74 Å². The lowest BCUT2D eigenvalue weighted by Gasteiger charge is -2.47. The van der Waals surface area contributed by atoms with Crippen molar-refractivity contribution in [1.82, 2.24) is 10.4 Å². The van der Waals surface area contributed by atoms with Crippen molar-refractivity contribution in [2.75, 3.05) is 7.11 Å². The largest absolute Gasteiger partial charge is 0.380 e. The molecule has 0 bridgehead atoms. The summed E-state index contributed by atoms with van der Waals surface area (Å²) in [5.41, 5.74) is 4.94. The number of nitrogens with one attached hydrogen (secondary N) is 1. The monoisotopic (exact) mass is 478 g/mol. The average molecular weight is 479 g/mol. The van der Waals surface area contributed by atoms with Crippen molar-refractivity contribution in [3.05, 3.63) is 60.7 Å². The van der Waals surface area contributed by atoms with Crippen molar-refractivity contribution in [1.29, 1.82) is 0 Å². The van der Waals surface area contributed by atoms with E-state index in [0.717, 1.165) is 0 Å². The minimum Gasteiger partial charge on any atom is -0.380 e. The van der Waals surface area contributed by atoms with Gasteiger partial charge in [0.2, 0.25) is 0 Å². The normalized spacial score (nSPS) is 28.6. The van der Waals surface area contributed by atoms with E-state index < -0.39 is 7.92 Å². The van der Waals surface area contributed by atoms with Gasteiger partial charge in [0, 0.05) is 24.9 Å². The molecule has 3 nitrogen and oxygen atoms in total. The van der Waals surface area contributed by atoms with E-state index in [1.165, 1.54) is 87.7 Å². The number of benzene rings is 2. The lowest BCUT2D eigenvalue weighted by molar-refractivity contribution is -0.0593. The van der Waals surface area contributed by atoms with Crippen LogP contribution in [-0.2, 0) is 4.74 Å². The molecule has 4 atom stereocenters. The summed E-state index contributed by atoms with van der Waals surface area (Å²) in [5, 5.41) is 5.82. The van der Waals surface area contributed by atoms with E-state index in [1.807, 2.05) is 7.11 Å². The van der Waals surface area contributed by atoms with Crippen molar-refractivity contribution in [2.24, 2.45) is 0 Å². The third-order valence-corrected chi connectivity index (χ3v) is 11.5. The second kappa shape index (κ2) is 12.1. The quantitative estimate of drug-likeness (QED) is 0.364. The minimum atomic E-state index is -0.404. The molecule has 5 rings (SSSR count). The fourth-order valence-corrected chi connectivity index (χ4v) is 9.86. The van der Waals surface area contributed by atoms with E-state index >= 15 is 0 Å². The smallest absolute Gasteiger partial charge is 0.0740 e. The number of methoxy groups -OCH3 is 1. The summed E-state index contributed by atoms with van der Waals surface area (Å²) < 4.78 is 6.07. The Hall–Kier alpha value is -1.25. The van der Waals surface area contributed by atoms with Gasteiger partial charge in [0.25, 0.3) is 0 Å². The maximum Gasteiger partial charge on any atom is 0.0740 e. The maximum absolute atomic E-state index is 6.07. The van der Waals surface area contributed by atoms with Crippen LogP contribution in [-0.4, -0.2) is 42.0 Å². The summed E-state index contributed by atoms with van der Waals surface area (Å²) >= 11 is 0. The minimum absolute atomic E-state index is 0.369. The van der Waals surface area contributed by atoms with Crippen LogP contribution in [0.5, 0.6) is 0 Å². The van der Waals surface area contributed by atoms with Gasteiger partial charge >= 0.3 is 0 Å². The van der Waals surface area contributed by atoms with Gasteiger partial charge in [0.05, 0.1) is 12.1 Å². The van der Waals surface area contributed by atoms with Crippen LogP contribution in [0.15, 0.2) is 60.7 Å². The molecule has 2 unspecified atom stereocenters. The fourth-order valence-electron chi connectivity index (χ4n) is 6.80. The van der Waals surface area contributed by atoms with E-state index in [4.69, 9.17) is 4.74 Å². The Morgan fingerprint density at radius 2 is 1.26 bits per heavy atom. The van der Waals surface area contributed by atoms with Crippen molar-refractivity contribution >= 4 is 18.5 Å². The molecule has 3 fully saturated rings. The first-order chi connectivity index (χ1) is 16.8. The molecule has 0 radical (unpaired) electrons. The zero-order chi connectivity index (χ0) is 23.2. The van der Waals surface area contributed by atoms with Crippen LogP contribution in [0.2, 0.25) is 0 Å². The zero-order valence-electron chi connectivity index (χ0n) is 20.9. The van der Waals surface area contributed by atoms with Gasteiger partial charge in [-0.15, -0.1) is 0 Å². The first-order valence-corrected chi connectivity index (χ1v) is 15.2. The molecule has 3 aliphatic rings.